The fourth-order valence-corrected chi connectivity index (χ4v) is 3.45. The molecule has 132 valence electrons. The van der Waals surface area contributed by atoms with Crippen LogP contribution in [0.3, 0.4) is 0 Å². The lowest BCUT2D eigenvalue weighted by Crippen LogP contribution is -2.20. The molecule has 0 aliphatic carbocycles. The molecule has 2 rings (SSSR count). The first-order valence-corrected chi connectivity index (χ1v) is 9.99. The van der Waals surface area contributed by atoms with Crippen LogP contribution in [0.15, 0.2) is 50.9 Å². The van der Waals surface area contributed by atoms with E-state index in [2.05, 4.69) is 26.5 Å². The highest BCUT2D eigenvalue weighted by molar-refractivity contribution is 9.10. The van der Waals surface area contributed by atoms with E-state index in [1.54, 1.807) is 24.0 Å². The fourth-order valence-electron chi connectivity index (χ4n) is 2.15. The van der Waals surface area contributed by atoms with E-state index in [0.29, 0.717) is 11.6 Å². The summed E-state index contributed by atoms with van der Waals surface area (Å²) in [5.41, 5.74) is 4.28. The standard InChI is InChI=1S/C18H18BrClN2O2S/c1-3-24-16-6-4-12(8-15(16)19)11-21-22-18(23)10-13-9-14(20)5-7-17(13)25-2/h4-9,11H,3,10H2,1-2H3,(H,22,23)/b21-11-. The van der Waals surface area contributed by atoms with Crippen molar-refractivity contribution in [2.45, 2.75) is 18.2 Å². The van der Waals surface area contributed by atoms with Gasteiger partial charge in [-0.2, -0.15) is 5.10 Å². The molecule has 4 nitrogen and oxygen atoms in total. The second-order valence-corrected chi connectivity index (χ2v) is 7.19. The third kappa shape index (κ3) is 6.06. The molecule has 0 radical (unpaired) electrons. The lowest BCUT2D eigenvalue weighted by Gasteiger charge is -2.07. The van der Waals surface area contributed by atoms with E-state index in [-0.39, 0.29) is 12.3 Å². The predicted octanol–water partition coefficient (Wildman–Crippen LogP) is 4.92. The minimum absolute atomic E-state index is 0.196. The summed E-state index contributed by atoms with van der Waals surface area (Å²) >= 11 is 11.0. The van der Waals surface area contributed by atoms with Gasteiger partial charge in [0.05, 0.1) is 23.7 Å². The van der Waals surface area contributed by atoms with E-state index < -0.39 is 0 Å². The Morgan fingerprint density at radius 1 is 1.36 bits per heavy atom. The van der Waals surface area contributed by atoms with Crippen LogP contribution in [0, 0.1) is 0 Å². The first kappa shape index (κ1) is 19.8. The molecular weight excluding hydrogens is 424 g/mol. The number of carbonyl (C=O) groups is 1. The third-order valence-corrected chi connectivity index (χ3v) is 4.95. The van der Waals surface area contributed by atoms with Gasteiger partial charge in [-0.3, -0.25) is 4.79 Å². The summed E-state index contributed by atoms with van der Waals surface area (Å²) < 4.78 is 6.30. The van der Waals surface area contributed by atoms with Crippen LogP contribution in [0.25, 0.3) is 0 Å². The van der Waals surface area contributed by atoms with E-state index in [9.17, 15) is 4.79 Å². The molecule has 2 aromatic rings. The number of halogens is 2. The Balaban J connectivity index is 1.97. The summed E-state index contributed by atoms with van der Waals surface area (Å²) in [7, 11) is 0. The highest BCUT2D eigenvalue weighted by atomic mass is 79.9. The number of rotatable bonds is 7. The van der Waals surface area contributed by atoms with E-state index >= 15 is 0 Å². The average Bonchev–Trinajstić information content (AvgIpc) is 2.57. The van der Waals surface area contributed by atoms with Gasteiger partial charge in [-0.15, -0.1) is 11.8 Å². The highest BCUT2D eigenvalue weighted by Gasteiger charge is 2.08. The Morgan fingerprint density at radius 2 is 2.16 bits per heavy atom. The zero-order valence-electron chi connectivity index (χ0n) is 13.9. The number of benzene rings is 2. The first-order valence-electron chi connectivity index (χ1n) is 7.60. The van der Waals surface area contributed by atoms with Crippen molar-refractivity contribution in [2.24, 2.45) is 5.10 Å². The number of hydrazone groups is 1. The number of thioether (sulfide) groups is 1. The Morgan fingerprint density at radius 3 is 2.84 bits per heavy atom. The minimum atomic E-state index is -0.196. The van der Waals surface area contributed by atoms with Crippen molar-refractivity contribution in [1.29, 1.82) is 0 Å². The Labute approximate surface area is 165 Å². The van der Waals surface area contributed by atoms with Crippen LogP contribution in [-0.4, -0.2) is 25.0 Å². The van der Waals surface area contributed by atoms with Gasteiger partial charge in [0, 0.05) is 9.92 Å². The lowest BCUT2D eigenvalue weighted by molar-refractivity contribution is -0.120. The van der Waals surface area contributed by atoms with Gasteiger partial charge in [0.1, 0.15) is 5.75 Å². The maximum absolute atomic E-state index is 12.1. The Kier molecular flexibility index (Phi) is 7.81. The van der Waals surface area contributed by atoms with Gasteiger partial charge in [-0.25, -0.2) is 5.43 Å². The van der Waals surface area contributed by atoms with Crippen LogP contribution in [0.2, 0.25) is 5.02 Å². The van der Waals surface area contributed by atoms with E-state index in [4.69, 9.17) is 16.3 Å². The highest BCUT2D eigenvalue weighted by Crippen LogP contribution is 2.26. The molecule has 25 heavy (non-hydrogen) atoms. The van der Waals surface area contributed by atoms with Gasteiger partial charge in [-0.05, 0) is 76.6 Å². The topological polar surface area (TPSA) is 50.7 Å². The summed E-state index contributed by atoms with van der Waals surface area (Å²) in [5, 5.41) is 4.62. The smallest absolute Gasteiger partial charge is 0.244 e. The lowest BCUT2D eigenvalue weighted by atomic mass is 10.1. The molecule has 0 aliphatic heterocycles. The largest absolute Gasteiger partial charge is 0.493 e. The van der Waals surface area contributed by atoms with Gasteiger partial charge in [0.25, 0.3) is 0 Å². The maximum atomic E-state index is 12.1. The van der Waals surface area contributed by atoms with Crippen molar-refractivity contribution >= 4 is 51.4 Å². The second kappa shape index (κ2) is 9.85. The summed E-state index contributed by atoms with van der Waals surface area (Å²) in [4.78, 5) is 13.1. The molecule has 1 amide bonds. The SMILES string of the molecule is CCOc1ccc(/C=N\NC(=O)Cc2cc(Cl)ccc2SC)cc1Br. The van der Waals surface area contributed by atoms with Crippen LogP contribution in [0.4, 0.5) is 0 Å². The molecule has 0 saturated carbocycles. The Hall–Kier alpha value is -1.50. The Bertz CT molecular complexity index is 784. The first-order chi connectivity index (χ1) is 12.0. The van der Waals surface area contributed by atoms with Crippen molar-refractivity contribution in [3.63, 3.8) is 0 Å². The number of hydrogen-bond acceptors (Lipinski definition) is 4. The van der Waals surface area contributed by atoms with Crippen molar-refractivity contribution in [2.75, 3.05) is 12.9 Å². The number of hydrogen-bond donors (Lipinski definition) is 1. The molecule has 0 bridgehead atoms. The molecule has 2 aromatic carbocycles. The molecule has 0 fully saturated rings. The number of carbonyl (C=O) groups excluding carboxylic acids is 1. The van der Waals surface area contributed by atoms with Gasteiger partial charge < -0.3 is 4.74 Å². The summed E-state index contributed by atoms with van der Waals surface area (Å²) in [5.74, 6) is 0.577. The van der Waals surface area contributed by atoms with Gasteiger partial charge in [-0.1, -0.05) is 11.6 Å². The zero-order chi connectivity index (χ0) is 18.2. The van der Waals surface area contributed by atoms with Crippen LogP contribution in [0.1, 0.15) is 18.1 Å². The van der Waals surface area contributed by atoms with Gasteiger partial charge in [0.2, 0.25) is 5.91 Å². The van der Waals surface area contributed by atoms with Gasteiger partial charge in [0.15, 0.2) is 0 Å². The molecule has 0 unspecified atom stereocenters. The molecule has 7 heteroatoms. The number of ether oxygens (including phenoxy) is 1. The van der Waals surface area contributed by atoms with Crippen LogP contribution < -0.4 is 10.2 Å². The number of nitrogens with one attached hydrogen (secondary N) is 1. The molecule has 0 atom stereocenters. The number of amides is 1. The predicted molar refractivity (Wildman–Crippen MR) is 108 cm³/mol. The van der Waals surface area contributed by atoms with E-state index in [0.717, 1.165) is 26.2 Å². The van der Waals surface area contributed by atoms with E-state index in [1.807, 2.05) is 43.5 Å². The molecule has 1 N–H and O–H groups in total. The third-order valence-electron chi connectivity index (χ3n) is 3.25. The summed E-state index contributed by atoms with van der Waals surface area (Å²) in [6.45, 7) is 2.53. The normalized spacial score (nSPS) is 10.9. The maximum Gasteiger partial charge on any atom is 0.244 e. The molecular formula is C18H18BrClN2O2S. The molecule has 0 aliphatic rings. The van der Waals surface area contributed by atoms with Crippen LogP contribution in [0.5, 0.6) is 5.75 Å². The zero-order valence-corrected chi connectivity index (χ0v) is 17.0. The fraction of sp³-hybridized carbons (Fsp3) is 0.222. The minimum Gasteiger partial charge on any atom is -0.493 e. The molecule has 0 aromatic heterocycles. The van der Waals surface area contributed by atoms with Crippen molar-refractivity contribution < 1.29 is 9.53 Å². The summed E-state index contributed by atoms with van der Waals surface area (Å²) in [6, 6.07) is 11.1. The molecule has 0 heterocycles. The van der Waals surface area contributed by atoms with Gasteiger partial charge >= 0.3 is 0 Å². The number of nitrogens with zero attached hydrogens (tertiary/aromatic N) is 1. The average molecular weight is 442 g/mol. The van der Waals surface area contributed by atoms with Crippen LogP contribution in [-0.2, 0) is 11.2 Å². The quantitative estimate of drug-likeness (QED) is 0.377. The van der Waals surface area contributed by atoms with Crippen LogP contribution >= 0.6 is 39.3 Å². The summed E-state index contributed by atoms with van der Waals surface area (Å²) in [6.07, 6.45) is 3.78. The second-order valence-electron chi connectivity index (χ2n) is 5.05. The molecule has 0 saturated heterocycles. The van der Waals surface area contributed by atoms with Crippen molar-refractivity contribution in [3.8, 4) is 5.75 Å². The van der Waals surface area contributed by atoms with Crippen molar-refractivity contribution in [3.05, 3.63) is 57.0 Å². The van der Waals surface area contributed by atoms with Crippen molar-refractivity contribution in [1.82, 2.24) is 5.43 Å². The monoisotopic (exact) mass is 440 g/mol. The van der Waals surface area contributed by atoms with E-state index in [1.165, 1.54) is 0 Å². The molecule has 0 spiro atoms.